The van der Waals surface area contributed by atoms with Gasteiger partial charge in [-0.15, -0.1) is 17.1 Å². The molecule has 0 N–H and O–H groups in total. The molecule has 2 aliphatic heterocycles. The van der Waals surface area contributed by atoms with Crippen LogP contribution in [0.25, 0.3) is 22.0 Å². The SMILES string of the molecule is CC.CC.CC.CC.C[PH+](C)C=C1C=CC=C(c2ccccn2)[N-]1.[CH-]=O.[CH2-]C=C1C=CC=C(c2ccccn2)[N-]1.[CH3-].[RuH+2].[RuH+3]. The molecule has 0 bridgehead atoms. The van der Waals surface area contributed by atoms with Crippen molar-refractivity contribution >= 4 is 26.1 Å². The third-order valence-corrected chi connectivity index (χ3v) is 4.91. The van der Waals surface area contributed by atoms with Gasteiger partial charge in [0.05, 0.1) is 13.3 Å². The molecule has 4 rings (SSSR count). The Bertz CT molecular complexity index is 1050. The first-order chi connectivity index (χ1) is 19.7. The predicted octanol–water partition coefficient (Wildman–Crippen LogP) is 10.5. The molecule has 1 radical (unpaired) electrons. The van der Waals surface area contributed by atoms with Crippen LogP contribution in [0, 0.1) is 14.4 Å². The molecule has 2 aromatic heterocycles. The van der Waals surface area contributed by atoms with E-state index < -0.39 is 7.92 Å². The van der Waals surface area contributed by atoms with Gasteiger partial charge in [-0.3, -0.25) is 16.8 Å². The van der Waals surface area contributed by atoms with Gasteiger partial charge in [0.25, 0.3) is 0 Å². The maximum atomic E-state index is 7.75. The van der Waals surface area contributed by atoms with Crippen molar-refractivity contribution in [3.8, 4) is 0 Å². The van der Waals surface area contributed by atoms with Crippen molar-refractivity contribution in [3.63, 3.8) is 0 Å². The first-order valence-electron chi connectivity index (χ1n) is 13.9. The van der Waals surface area contributed by atoms with E-state index in [9.17, 15) is 0 Å². The molecular formula is C35H55N4OPRu2+. The number of nitrogens with zero attached hydrogens (tertiary/aromatic N) is 4. The molecule has 2 aromatic rings. The van der Waals surface area contributed by atoms with Crippen molar-refractivity contribution in [1.29, 1.82) is 0 Å². The van der Waals surface area contributed by atoms with Gasteiger partial charge in [-0.1, -0.05) is 97.9 Å². The molecule has 0 fully saturated rings. The molecule has 43 heavy (non-hydrogen) atoms. The van der Waals surface area contributed by atoms with E-state index in [0.29, 0.717) is 0 Å². The summed E-state index contributed by atoms with van der Waals surface area (Å²) in [5, 5.41) is 8.97. The van der Waals surface area contributed by atoms with Crippen molar-refractivity contribution in [2.24, 2.45) is 0 Å². The fourth-order valence-electron chi connectivity index (χ4n) is 2.71. The Balaban J connectivity index is -0.000000117. The number of hydrogen-bond donors (Lipinski definition) is 0. The second kappa shape index (κ2) is 39.6. The molecule has 0 saturated carbocycles. The summed E-state index contributed by atoms with van der Waals surface area (Å²) < 4.78 is 0. The molecule has 0 unspecified atom stereocenters. The number of pyridine rings is 2. The summed E-state index contributed by atoms with van der Waals surface area (Å²) in [5.74, 6) is 2.25. The fourth-order valence-corrected chi connectivity index (χ4v) is 3.46. The van der Waals surface area contributed by atoms with Crippen LogP contribution in [0.1, 0.15) is 66.8 Å². The van der Waals surface area contributed by atoms with Crippen LogP contribution in [0.15, 0.2) is 109 Å². The average Bonchev–Trinajstić information content (AvgIpc) is 3.07. The molecule has 0 atom stereocenters. The summed E-state index contributed by atoms with van der Waals surface area (Å²) in [6.07, 6.45) is 17.2. The Kier molecular flexibility index (Phi) is 48.9. The van der Waals surface area contributed by atoms with E-state index in [1.54, 1.807) is 18.5 Å². The molecular weight excluding hydrogens is 726 g/mol. The van der Waals surface area contributed by atoms with Crippen LogP contribution >= 0.6 is 7.92 Å². The number of hydrogen-bond acceptors (Lipinski definition) is 3. The van der Waals surface area contributed by atoms with Crippen molar-refractivity contribution in [1.82, 2.24) is 9.97 Å². The van der Waals surface area contributed by atoms with Crippen LogP contribution in [-0.2, 0) is 43.8 Å². The maximum absolute atomic E-state index is 7.75. The number of allylic oxidation sites excluding steroid dienone is 7. The molecule has 0 aliphatic carbocycles. The second-order valence-electron chi connectivity index (χ2n) is 6.75. The summed E-state index contributed by atoms with van der Waals surface area (Å²) >= 11 is 0. The molecule has 0 aromatic carbocycles. The summed E-state index contributed by atoms with van der Waals surface area (Å²) in [7, 11) is -0.393. The number of aromatic nitrogens is 2. The molecule has 8 heteroatoms. The van der Waals surface area contributed by atoms with Crippen molar-refractivity contribution < 1.29 is 43.8 Å². The normalized spacial score (nSPS) is 12.9. The van der Waals surface area contributed by atoms with Crippen molar-refractivity contribution in [3.05, 3.63) is 145 Å². The topological polar surface area (TPSA) is 71.1 Å². The molecule has 241 valence electrons. The second-order valence-corrected chi connectivity index (χ2v) is 9.19. The van der Waals surface area contributed by atoms with Crippen LogP contribution in [0.2, 0.25) is 0 Å². The van der Waals surface area contributed by atoms with Gasteiger partial charge in [-0.2, -0.15) is 6.08 Å². The Labute approximate surface area is 291 Å². The van der Waals surface area contributed by atoms with E-state index in [1.807, 2.05) is 128 Å². The zero-order valence-corrected chi connectivity index (χ0v) is 32.7. The monoisotopic (exact) mass is 782 g/mol. The van der Waals surface area contributed by atoms with E-state index in [1.165, 1.54) is 0 Å². The zero-order valence-electron chi connectivity index (χ0n) is 28.0. The quantitative estimate of drug-likeness (QED) is 0.135. The molecule has 0 spiro atoms. The van der Waals surface area contributed by atoms with Gasteiger partial charge in [-0.05, 0) is 24.3 Å². The molecule has 0 saturated heterocycles. The number of rotatable bonds is 3. The van der Waals surface area contributed by atoms with Crippen LogP contribution in [0.4, 0.5) is 0 Å². The summed E-state index contributed by atoms with van der Waals surface area (Å²) in [6.45, 7) is 27.4. The predicted molar refractivity (Wildman–Crippen MR) is 192 cm³/mol. The fraction of sp³-hybridized carbons (Fsp3) is 0.286. The molecule has 2 aliphatic rings. The van der Waals surface area contributed by atoms with Gasteiger partial charge in [0, 0.05) is 37.5 Å². The Morgan fingerprint density at radius 1 is 0.721 bits per heavy atom. The van der Waals surface area contributed by atoms with E-state index in [2.05, 4.69) is 53.5 Å². The Morgan fingerprint density at radius 3 is 1.42 bits per heavy atom. The first kappa shape index (κ1) is 53.1. The van der Waals surface area contributed by atoms with Gasteiger partial charge in [0.2, 0.25) is 0 Å². The minimum absolute atomic E-state index is 0. The van der Waals surface area contributed by atoms with Crippen LogP contribution in [-0.4, -0.2) is 30.1 Å². The minimum atomic E-state index is -0.393. The van der Waals surface area contributed by atoms with Crippen molar-refractivity contribution in [2.45, 2.75) is 55.4 Å². The van der Waals surface area contributed by atoms with Gasteiger partial charge >= 0.3 is 39.0 Å². The van der Waals surface area contributed by atoms with Gasteiger partial charge in [-0.25, -0.2) is 13.0 Å². The first-order valence-corrected chi connectivity index (χ1v) is 16.5. The number of carbonyl (C=O) groups excluding carboxylic acids is 1. The standard InChI is InChI=1S/C13H14N2P.C12H10N2.4C2H6.CHO.CH3.2Ru.2H/c1-16(2)10-11-6-5-8-13(15-11)12-7-3-4-9-14-12;1-2-10-6-5-8-12(14-10)11-7-3-4-9-13-11;5*1-2;;;;;/h3-10H,1-2H3;2-9H,1H2;4*1-2H3;1H;1H3;;;;/q-1;-2;;;;;2*-1;+2;+3;;/p+1. The third kappa shape index (κ3) is 24.7. The van der Waals surface area contributed by atoms with Crippen LogP contribution < -0.4 is 0 Å². The Hall–Kier alpha value is -2.44. The van der Waals surface area contributed by atoms with Gasteiger partial charge in [0.15, 0.2) is 0 Å². The zero-order chi connectivity index (χ0) is 31.2. The van der Waals surface area contributed by atoms with E-state index in [0.717, 1.165) is 34.2 Å². The Morgan fingerprint density at radius 2 is 1.09 bits per heavy atom. The van der Waals surface area contributed by atoms with E-state index in [-0.39, 0.29) is 46.4 Å². The van der Waals surface area contributed by atoms with E-state index >= 15 is 0 Å². The summed E-state index contributed by atoms with van der Waals surface area (Å²) in [6, 6.07) is 11.7. The van der Waals surface area contributed by atoms with E-state index in [4.69, 9.17) is 4.79 Å². The molecule has 4 heterocycles. The molecule has 0 amide bonds. The average molecular weight is 781 g/mol. The van der Waals surface area contributed by atoms with Gasteiger partial charge < -0.3 is 28.6 Å². The van der Waals surface area contributed by atoms with Gasteiger partial charge in [0.1, 0.15) is 0 Å². The summed E-state index contributed by atoms with van der Waals surface area (Å²) in [5.41, 5.74) is 5.56. The van der Waals surface area contributed by atoms with Crippen LogP contribution in [0.5, 0.6) is 0 Å². The summed E-state index contributed by atoms with van der Waals surface area (Å²) in [4.78, 5) is 16.3. The van der Waals surface area contributed by atoms with Crippen molar-refractivity contribution in [2.75, 3.05) is 13.3 Å². The van der Waals surface area contributed by atoms with Crippen LogP contribution in [0.3, 0.4) is 0 Å². The molecule has 5 nitrogen and oxygen atoms in total. The third-order valence-electron chi connectivity index (χ3n) is 4.04.